The van der Waals surface area contributed by atoms with Crippen molar-refractivity contribution in [1.82, 2.24) is 9.55 Å². The number of nitrogens with zero attached hydrogens (tertiary/aromatic N) is 2. The van der Waals surface area contributed by atoms with Gasteiger partial charge in [-0.15, -0.1) is 0 Å². The summed E-state index contributed by atoms with van der Waals surface area (Å²) in [5, 5.41) is 9.62. The van der Waals surface area contributed by atoms with Crippen molar-refractivity contribution in [3.63, 3.8) is 0 Å². The lowest BCUT2D eigenvalue weighted by molar-refractivity contribution is 0.0695. The molecule has 0 unspecified atom stereocenters. The highest BCUT2D eigenvalue weighted by atomic mass is 79.9. The van der Waals surface area contributed by atoms with Crippen molar-refractivity contribution in [2.45, 2.75) is 6.54 Å². The number of rotatable bonds is 3. The first kappa shape index (κ1) is 14.5. The fourth-order valence-corrected chi connectivity index (χ4v) is 2.68. The molecular weight excluding hydrogens is 348 g/mol. The molecule has 0 aliphatic rings. The van der Waals surface area contributed by atoms with Crippen LogP contribution in [-0.2, 0) is 6.54 Å². The van der Waals surface area contributed by atoms with Gasteiger partial charge in [-0.05, 0) is 29.8 Å². The molecule has 0 bridgehead atoms. The zero-order valence-electron chi connectivity index (χ0n) is 11.4. The number of carboxylic acids is 1. The van der Waals surface area contributed by atoms with Crippen LogP contribution in [0.25, 0.3) is 10.9 Å². The van der Waals surface area contributed by atoms with Gasteiger partial charge in [-0.3, -0.25) is 9.78 Å². The summed E-state index contributed by atoms with van der Waals surface area (Å²) in [5.41, 5.74) is 0.883. The van der Waals surface area contributed by atoms with Crippen molar-refractivity contribution in [3.8, 4) is 0 Å². The standard InChI is InChI=1S/C16H11BrN2O3/c17-11-3-4-12-14(6-11)19(8-10-2-1-5-18-7-10)9-13(15(12)20)16(21)22/h1-7,9H,8H2,(H,21,22). The van der Waals surface area contributed by atoms with E-state index in [9.17, 15) is 14.7 Å². The second-order valence-electron chi connectivity index (χ2n) is 4.83. The van der Waals surface area contributed by atoms with Gasteiger partial charge < -0.3 is 9.67 Å². The van der Waals surface area contributed by atoms with Crippen molar-refractivity contribution < 1.29 is 9.90 Å². The topological polar surface area (TPSA) is 72.2 Å². The Hall–Kier alpha value is -2.47. The Morgan fingerprint density at radius 1 is 1.32 bits per heavy atom. The summed E-state index contributed by atoms with van der Waals surface area (Å²) in [4.78, 5) is 27.6. The van der Waals surface area contributed by atoms with Crippen molar-refractivity contribution in [3.05, 3.63) is 74.7 Å². The number of carboxylic acid groups (broad SMARTS) is 1. The molecule has 2 aromatic heterocycles. The summed E-state index contributed by atoms with van der Waals surface area (Å²) in [6.07, 6.45) is 4.76. The van der Waals surface area contributed by atoms with Crippen molar-refractivity contribution in [1.29, 1.82) is 0 Å². The van der Waals surface area contributed by atoms with Gasteiger partial charge in [0.1, 0.15) is 5.56 Å². The summed E-state index contributed by atoms with van der Waals surface area (Å²) >= 11 is 3.38. The van der Waals surface area contributed by atoms with E-state index in [1.165, 1.54) is 6.20 Å². The molecule has 0 aliphatic carbocycles. The van der Waals surface area contributed by atoms with Crippen LogP contribution in [0.5, 0.6) is 0 Å². The van der Waals surface area contributed by atoms with Crippen LogP contribution in [0.3, 0.4) is 0 Å². The first-order valence-electron chi connectivity index (χ1n) is 6.51. The lowest BCUT2D eigenvalue weighted by Gasteiger charge is -2.12. The molecule has 22 heavy (non-hydrogen) atoms. The summed E-state index contributed by atoms with van der Waals surface area (Å²) in [6.45, 7) is 0.432. The molecule has 0 saturated heterocycles. The molecule has 0 radical (unpaired) electrons. The number of halogens is 1. The average molecular weight is 359 g/mol. The summed E-state index contributed by atoms with van der Waals surface area (Å²) in [7, 11) is 0. The van der Waals surface area contributed by atoms with Crippen molar-refractivity contribution in [2.75, 3.05) is 0 Å². The van der Waals surface area contributed by atoms with Crippen LogP contribution in [0.1, 0.15) is 15.9 Å². The van der Waals surface area contributed by atoms with Gasteiger partial charge in [-0.1, -0.05) is 22.0 Å². The predicted octanol–water partition coefficient (Wildman–Crippen LogP) is 2.91. The third-order valence-corrected chi connectivity index (χ3v) is 3.84. The SMILES string of the molecule is O=C(O)c1cn(Cc2cccnc2)c2cc(Br)ccc2c1=O. The fourth-order valence-electron chi connectivity index (χ4n) is 2.34. The van der Waals surface area contributed by atoms with E-state index < -0.39 is 11.4 Å². The molecule has 110 valence electrons. The molecule has 0 fully saturated rings. The Bertz CT molecular complexity index is 920. The Morgan fingerprint density at radius 3 is 2.82 bits per heavy atom. The van der Waals surface area contributed by atoms with E-state index in [4.69, 9.17) is 0 Å². The smallest absolute Gasteiger partial charge is 0.341 e. The third-order valence-electron chi connectivity index (χ3n) is 3.35. The van der Waals surface area contributed by atoms with Crippen LogP contribution in [0.4, 0.5) is 0 Å². The van der Waals surface area contributed by atoms with Gasteiger partial charge in [-0.25, -0.2) is 4.79 Å². The largest absolute Gasteiger partial charge is 0.477 e. The van der Waals surface area contributed by atoms with Gasteiger partial charge in [-0.2, -0.15) is 0 Å². The number of benzene rings is 1. The van der Waals surface area contributed by atoms with Gasteiger partial charge in [0.25, 0.3) is 0 Å². The molecule has 2 heterocycles. The molecule has 0 spiro atoms. The second-order valence-corrected chi connectivity index (χ2v) is 5.74. The Kier molecular flexibility index (Phi) is 3.77. The molecule has 5 nitrogen and oxygen atoms in total. The lowest BCUT2D eigenvalue weighted by atomic mass is 10.1. The molecule has 3 rings (SSSR count). The normalized spacial score (nSPS) is 10.8. The summed E-state index contributed by atoms with van der Waals surface area (Å²) < 4.78 is 2.57. The molecule has 1 N–H and O–H groups in total. The minimum Gasteiger partial charge on any atom is -0.477 e. The van der Waals surface area contributed by atoms with Crippen molar-refractivity contribution >= 4 is 32.8 Å². The number of carbonyl (C=O) groups is 1. The Labute approximate surface area is 134 Å². The van der Waals surface area contributed by atoms with E-state index in [1.807, 2.05) is 12.1 Å². The van der Waals surface area contributed by atoms with E-state index in [-0.39, 0.29) is 5.56 Å². The zero-order valence-corrected chi connectivity index (χ0v) is 12.9. The molecule has 0 amide bonds. The van der Waals surface area contributed by atoms with Crippen molar-refractivity contribution in [2.24, 2.45) is 0 Å². The maximum atomic E-state index is 12.3. The number of aromatic nitrogens is 2. The minimum atomic E-state index is -1.23. The molecule has 0 atom stereocenters. The molecule has 6 heteroatoms. The van der Waals surface area contributed by atoms with Crippen LogP contribution in [0.2, 0.25) is 0 Å². The van der Waals surface area contributed by atoms with Crippen LogP contribution < -0.4 is 5.43 Å². The van der Waals surface area contributed by atoms with Crippen LogP contribution in [0, 0.1) is 0 Å². The van der Waals surface area contributed by atoms with Gasteiger partial charge >= 0.3 is 5.97 Å². The molecule has 0 aliphatic heterocycles. The van der Waals surface area contributed by atoms with E-state index in [0.29, 0.717) is 17.4 Å². The van der Waals surface area contributed by atoms with Gasteiger partial charge in [0.2, 0.25) is 5.43 Å². The number of pyridine rings is 2. The number of aromatic carboxylic acids is 1. The molecule has 0 saturated carbocycles. The maximum absolute atomic E-state index is 12.3. The third kappa shape index (κ3) is 2.65. The van der Waals surface area contributed by atoms with Gasteiger partial charge in [0.05, 0.1) is 5.52 Å². The molecule has 3 aromatic rings. The van der Waals surface area contributed by atoms with E-state index in [1.54, 1.807) is 35.2 Å². The highest BCUT2D eigenvalue weighted by Crippen LogP contribution is 2.19. The maximum Gasteiger partial charge on any atom is 0.341 e. The van der Waals surface area contributed by atoms with E-state index >= 15 is 0 Å². The first-order chi connectivity index (χ1) is 10.6. The van der Waals surface area contributed by atoms with Crippen LogP contribution >= 0.6 is 15.9 Å². The van der Waals surface area contributed by atoms with Gasteiger partial charge in [0, 0.05) is 35.0 Å². The van der Waals surface area contributed by atoms with Crippen LogP contribution in [-0.4, -0.2) is 20.6 Å². The molecule has 1 aromatic carbocycles. The summed E-state index contributed by atoms with van der Waals surface area (Å²) in [5.74, 6) is -1.23. The number of hydrogen-bond acceptors (Lipinski definition) is 3. The van der Waals surface area contributed by atoms with Gasteiger partial charge in [0.15, 0.2) is 0 Å². The highest BCUT2D eigenvalue weighted by molar-refractivity contribution is 9.10. The number of fused-ring (bicyclic) bond motifs is 1. The minimum absolute atomic E-state index is 0.237. The quantitative estimate of drug-likeness (QED) is 0.781. The average Bonchev–Trinajstić information content (AvgIpc) is 2.50. The monoisotopic (exact) mass is 358 g/mol. The molecular formula is C16H11BrN2O3. The first-order valence-corrected chi connectivity index (χ1v) is 7.30. The highest BCUT2D eigenvalue weighted by Gasteiger charge is 2.14. The van der Waals surface area contributed by atoms with Crippen LogP contribution in [0.15, 0.2) is 58.2 Å². The zero-order chi connectivity index (χ0) is 15.7. The second kappa shape index (κ2) is 5.73. The Balaban J connectivity index is 2.27. The van der Waals surface area contributed by atoms with E-state index in [2.05, 4.69) is 20.9 Å². The predicted molar refractivity (Wildman–Crippen MR) is 86.2 cm³/mol. The number of hydrogen-bond donors (Lipinski definition) is 1. The Morgan fingerprint density at radius 2 is 2.14 bits per heavy atom. The van der Waals surface area contributed by atoms with E-state index in [0.717, 1.165) is 10.0 Å². The summed E-state index contributed by atoms with van der Waals surface area (Å²) in [6, 6.07) is 8.87. The fraction of sp³-hybridized carbons (Fsp3) is 0.0625. The lowest BCUT2D eigenvalue weighted by Crippen LogP contribution is -2.19.